The lowest BCUT2D eigenvalue weighted by Gasteiger charge is -2.14. The van der Waals surface area contributed by atoms with E-state index in [1.807, 2.05) is 0 Å². The molecule has 0 unspecified atom stereocenters. The third-order valence-electron chi connectivity index (χ3n) is 2.91. The zero-order valence-corrected chi connectivity index (χ0v) is 13.2. The van der Waals surface area contributed by atoms with Crippen LogP contribution in [0.2, 0.25) is 5.02 Å². The lowest BCUT2D eigenvalue weighted by molar-refractivity contribution is 0.414. The van der Waals surface area contributed by atoms with Crippen molar-refractivity contribution in [3.63, 3.8) is 0 Å². The monoisotopic (exact) mass is 329 g/mol. The summed E-state index contributed by atoms with van der Waals surface area (Å²) in [5.41, 5.74) is 0.929. The van der Waals surface area contributed by atoms with Gasteiger partial charge in [0.05, 0.1) is 29.6 Å². The Kier molecular flexibility index (Phi) is 4.92. The third kappa shape index (κ3) is 4.00. The number of hydrogen-bond acceptors (Lipinski definition) is 4. The second-order valence-corrected chi connectivity index (χ2v) is 6.78. The average molecular weight is 330 g/mol. The van der Waals surface area contributed by atoms with Gasteiger partial charge in [-0.25, -0.2) is 13.1 Å². The molecule has 114 valence electrons. The summed E-state index contributed by atoms with van der Waals surface area (Å²) in [5, 5.41) is 0.253. The third-order valence-corrected chi connectivity index (χ3v) is 4.79. The van der Waals surface area contributed by atoms with Crippen LogP contribution >= 0.6 is 11.6 Å². The molecule has 0 bridgehead atoms. The van der Waals surface area contributed by atoms with E-state index in [2.05, 4.69) is 4.72 Å². The number of halogens is 1. The van der Waals surface area contributed by atoms with E-state index < -0.39 is 10.0 Å². The molecule has 1 aromatic carbocycles. The van der Waals surface area contributed by atoms with Gasteiger partial charge >= 0.3 is 0 Å². The molecule has 0 aliphatic rings. The van der Waals surface area contributed by atoms with Gasteiger partial charge in [-0.2, -0.15) is 0 Å². The highest BCUT2D eigenvalue weighted by molar-refractivity contribution is 7.89. The van der Waals surface area contributed by atoms with Crippen molar-refractivity contribution < 1.29 is 17.6 Å². The highest BCUT2D eigenvalue weighted by Gasteiger charge is 2.19. The first-order valence-electron chi connectivity index (χ1n) is 6.29. The molecular weight excluding hydrogens is 314 g/mol. The number of nitrogens with one attached hydrogen (secondary N) is 1. The molecule has 21 heavy (non-hydrogen) atoms. The minimum atomic E-state index is -3.63. The number of benzene rings is 1. The van der Waals surface area contributed by atoms with E-state index in [1.54, 1.807) is 25.5 Å². The Hall–Kier alpha value is -1.50. The molecule has 7 heteroatoms. The molecule has 0 aliphatic carbocycles. The molecule has 1 N–H and O–H groups in total. The molecule has 0 saturated carbocycles. The van der Waals surface area contributed by atoms with Crippen LogP contribution in [0, 0.1) is 0 Å². The molecule has 0 amide bonds. The normalized spacial score (nSPS) is 13.1. The summed E-state index contributed by atoms with van der Waals surface area (Å²) in [6.45, 7) is 1.79. The predicted octanol–water partition coefficient (Wildman–Crippen LogP) is 2.85. The molecule has 0 spiro atoms. The SMILES string of the molecule is COc1ccc(S(=O)(=O)N[C@@H](C)Cc2ccoc2)cc1Cl. The van der Waals surface area contributed by atoms with E-state index >= 15 is 0 Å². The quantitative estimate of drug-likeness (QED) is 0.884. The molecule has 1 atom stereocenters. The van der Waals surface area contributed by atoms with Crippen molar-refractivity contribution >= 4 is 21.6 Å². The van der Waals surface area contributed by atoms with Crippen LogP contribution < -0.4 is 9.46 Å². The van der Waals surface area contributed by atoms with E-state index in [-0.39, 0.29) is 16.0 Å². The lowest BCUT2D eigenvalue weighted by Crippen LogP contribution is -2.34. The topological polar surface area (TPSA) is 68.5 Å². The molecule has 2 rings (SSSR count). The Bertz CT molecular complexity index is 698. The summed E-state index contributed by atoms with van der Waals surface area (Å²) in [4.78, 5) is 0.104. The van der Waals surface area contributed by atoms with Gasteiger partial charge in [0.1, 0.15) is 5.75 Å². The largest absolute Gasteiger partial charge is 0.495 e. The summed E-state index contributed by atoms with van der Waals surface area (Å²) in [6, 6.07) is 5.88. The first-order chi connectivity index (χ1) is 9.92. The van der Waals surface area contributed by atoms with Gasteiger partial charge < -0.3 is 9.15 Å². The van der Waals surface area contributed by atoms with Crippen molar-refractivity contribution in [2.24, 2.45) is 0 Å². The minimum absolute atomic E-state index is 0.104. The molecule has 0 saturated heterocycles. The van der Waals surface area contributed by atoms with Crippen molar-refractivity contribution in [3.05, 3.63) is 47.4 Å². The van der Waals surface area contributed by atoms with Crippen LogP contribution in [0.4, 0.5) is 0 Å². The molecule has 0 radical (unpaired) electrons. The van der Waals surface area contributed by atoms with Crippen molar-refractivity contribution in [1.29, 1.82) is 0 Å². The van der Waals surface area contributed by atoms with Gasteiger partial charge in [0.15, 0.2) is 0 Å². The zero-order valence-electron chi connectivity index (χ0n) is 11.7. The van der Waals surface area contributed by atoms with E-state index in [1.165, 1.54) is 25.3 Å². The maximum Gasteiger partial charge on any atom is 0.240 e. The van der Waals surface area contributed by atoms with Gasteiger partial charge in [0, 0.05) is 6.04 Å². The fourth-order valence-corrected chi connectivity index (χ4v) is 3.54. The van der Waals surface area contributed by atoms with Gasteiger partial charge in [-0.15, -0.1) is 0 Å². The van der Waals surface area contributed by atoms with E-state index in [0.29, 0.717) is 12.2 Å². The zero-order chi connectivity index (χ0) is 15.5. The van der Waals surface area contributed by atoms with E-state index in [0.717, 1.165) is 5.56 Å². The molecule has 1 heterocycles. The van der Waals surface area contributed by atoms with Gasteiger partial charge in [-0.05, 0) is 43.2 Å². The molecule has 2 aromatic rings. The number of furan rings is 1. The number of ether oxygens (including phenoxy) is 1. The van der Waals surface area contributed by atoms with Crippen molar-refractivity contribution in [2.75, 3.05) is 7.11 Å². The smallest absolute Gasteiger partial charge is 0.240 e. The van der Waals surface area contributed by atoms with Crippen LogP contribution in [0.25, 0.3) is 0 Å². The van der Waals surface area contributed by atoms with Crippen molar-refractivity contribution in [2.45, 2.75) is 24.3 Å². The fraction of sp³-hybridized carbons (Fsp3) is 0.286. The van der Waals surface area contributed by atoms with Crippen LogP contribution in [-0.2, 0) is 16.4 Å². The van der Waals surface area contributed by atoms with Crippen molar-refractivity contribution in [1.82, 2.24) is 4.72 Å². The van der Waals surface area contributed by atoms with Crippen LogP contribution in [0.1, 0.15) is 12.5 Å². The standard InChI is InChI=1S/C14H16ClNO4S/c1-10(7-11-5-6-20-9-11)16-21(17,18)12-3-4-14(19-2)13(15)8-12/h3-6,8-10,16H,7H2,1-2H3/t10-/m0/s1. The first kappa shape index (κ1) is 15.9. The summed E-state index contributed by atoms with van der Waals surface area (Å²) < 4.78 is 37.2. The van der Waals surface area contributed by atoms with E-state index in [9.17, 15) is 8.42 Å². The van der Waals surface area contributed by atoms with Crippen LogP contribution in [0.5, 0.6) is 5.75 Å². The summed E-state index contributed by atoms with van der Waals surface area (Å²) >= 11 is 5.96. The summed E-state index contributed by atoms with van der Waals surface area (Å²) in [5.74, 6) is 0.432. The van der Waals surface area contributed by atoms with E-state index in [4.69, 9.17) is 20.8 Å². The first-order valence-corrected chi connectivity index (χ1v) is 8.15. The van der Waals surface area contributed by atoms with Gasteiger partial charge in [0.2, 0.25) is 10.0 Å². The maximum atomic E-state index is 12.3. The second-order valence-electron chi connectivity index (χ2n) is 4.65. The van der Waals surface area contributed by atoms with Crippen molar-refractivity contribution in [3.8, 4) is 5.75 Å². The Morgan fingerprint density at radius 3 is 2.71 bits per heavy atom. The lowest BCUT2D eigenvalue weighted by atomic mass is 10.1. The predicted molar refractivity (Wildman–Crippen MR) is 80.2 cm³/mol. The Morgan fingerprint density at radius 2 is 2.14 bits per heavy atom. The van der Waals surface area contributed by atoms with Gasteiger partial charge in [-0.3, -0.25) is 0 Å². The number of rotatable bonds is 6. The second kappa shape index (κ2) is 6.51. The summed E-state index contributed by atoms with van der Waals surface area (Å²) in [6.07, 6.45) is 3.69. The Labute approximate surface area is 128 Å². The Balaban J connectivity index is 2.12. The average Bonchev–Trinajstić information content (AvgIpc) is 2.90. The van der Waals surface area contributed by atoms with Crippen LogP contribution in [0.3, 0.4) is 0 Å². The maximum absolute atomic E-state index is 12.3. The minimum Gasteiger partial charge on any atom is -0.495 e. The summed E-state index contributed by atoms with van der Waals surface area (Å²) in [7, 11) is -2.16. The molecule has 5 nitrogen and oxygen atoms in total. The molecule has 1 aromatic heterocycles. The van der Waals surface area contributed by atoms with Gasteiger partial charge in [0.25, 0.3) is 0 Å². The molecule has 0 fully saturated rings. The molecule has 0 aliphatic heterocycles. The number of hydrogen-bond donors (Lipinski definition) is 1. The van der Waals surface area contributed by atoms with Crippen LogP contribution in [0.15, 0.2) is 46.1 Å². The number of sulfonamides is 1. The fourth-order valence-electron chi connectivity index (χ4n) is 1.95. The van der Waals surface area contributed by atoms with Gasteiger partial charge in [-0.1, -0.05) is 11.6 Å². The Morgan fingerprint density at radius 1 is 1.38 bits per heavy atom. The highest BCUT2D eigenvalue weighted by Crippen LogP contribution is 2.27. The highest BCUT2D eigenvalue weighted by atomic mass is 35.5. The molecular formula is C14H16ClNO4S. The van der Waals surface area contributed by atoms with Crippen LogP contribution in [-0.4, -0.2) is 21.6 Å². The number of methoxy groups -OCH3 is 1.